The highest BCUT2D eigenvalue weighted by atomic mass is 19.1. The third-order valence-electron chi connectivity index (χ3n) is 2.25. The monoisotopic (exact) mass is 205 g/mol. The van der Waals surface area contributed by atoms with Crippen LogP contribution >= 0.6 is 0 Å². The lowest BCUT2D eigenvalue weighted by molar-refractivity contribution is 0.628. The number of anilines is 1. The molecule has 0 atom stereocenters. The van der Waals surface area contributed by atoms with Crippen LogP contribution in [0.3, 0.4) is 0 Å². The van der Waals surface area contributed by atoms with Crippen molar-refractivity contribution in [2.45, 2.75) is 13.3 Å². The van der Waals surface area contributed by atoms with E-state index < -0.39 is 0 Å². The van der Waals surface area contributed by atoms with Gasteiger partial charge in [0.05, 0.1) is 5.69 Å². The van der Waals surface area contributed by atoms with Crippen molar-refractivity contribution < 1.29 is 4.39 Å². The van der Waals surface area contributed by atoms with Crippen LogP contribution in [-0.4, -0.2) is 9.97 Å². The quantitative estimate of drug-likeness (QED) is 0.790. The van der Waals surface area contributed by atoms with Gasteiger partial charge in [-0.3, -0.25) is 0 Å². The van der Waals surface area contributed by atoms with E-state index in [2.05, 4.69) is 9.97 Å². The lowest BCUT2D eigenvalue weighted by Gasteiger charge is -1.99. The van der Waals surface area contributed by atoms with Gasteiger partial charge in [0.25, 0.3) is 0 Å². The highest BCUT2D eigenvalue weighted by molar-refractivity contribution is 5.63. The molecular formula is C11H12FN3. The van der Waals surface area contributed by atoms with Crippen LogP contribution in [0.15, 0.2) is 24.3 Å². The Morgan fingerprint density at radius 2 is 2.27 bits per heavy atom. The van der Waals surface area contributed by atoms with Gasteiger partial charge < -0.3 is 10.7 Å². The van der Waals surface area contributed by atoms with Crippen molar-refractivity contribution in [2.24, 2.45) is 0 Å². The van der Waals surface area contributed by atoms with Gasteiger partial charge in [0.2, 0.25) is 0 Å². The second kappa shape index (κ2) is 3.73. The van der Waals surface area contributed by atoms with Crippen LogP contribution in [-0.2, 0) is 6.42 Å². The Bertz CT molecular complexity index is 476. The maximum Gasteiger partial charge on any atom is 0.198 e. The highest BCUT2D eigenvalue weighted by Gasteiger charge is 2.09. The number of rotatable bonds is 2. The molecule has 0 amide bonds. The summed E-state index contributed by atoms with van der Waals surface area (Å²) in [5, 5.41) is 0. The van der Waals surface area contributed by atoms with E-state index in [4.69, 9.17) is 5.73 Å². The number of nitrogen functional groups attached to an aromatic ring is 1. The number of halogens is 1. The van der Waals surface area contributed by atoms with Gasteiger partial charge in [-0.25, -0.2) is 9.37 Å². The van der Waals surface area contributed by atoms with E-state index in [1.54, 1.807) is 6.07 Å². The van der Waals surface area contributed by atoms with Gasteiger partial charge in [0, 0.05) is 11.3 Å². The number of nitrogens with zero attached hydrogens (tertiary/aromatic N) is 1. The smallest absolute Gasteiger partial charge is 0.198 e. The Morgan fingerprint density at radius 1 is 1.47 bits per heavy atom. The summed E-state index contributed by atoms with van der Waals surface area (Å²) in [7, 11) is 0. The second-order valence-corrected chi connectivity index (χ2v) is 3.31. The zero-order valence-corrected chi connectivity index (χ0v) is 8.42. The number of H-pyrrole nitrogens is 1. The summed E-state index contributed by atoms with van der Waals surface area (Å²) < 4.78 is 13.0. The number of benzene rings is 1. The van der Waals surface area contributed by atoms with Crippen molar-refractivity contribution in [1.82, 2.24) is 9.97 Å². The molecule has 1 aromatic heterocycles. The summed E-state index contributed by atoms with van der Waals surface area (Å²) in [5.74, 6) is 0.0993. The number of aromatic nitrogens is 2. The summed E-state index contributed by atoms with van der Waals surface area (Å²) in [5.41, 5.74) is 7.98. The van der Waals surface area contributed by atoms with Gasteiger partial charge in [0.1, 0.15) is 5.82 Å². The minimum atomic E-state index is -0.267. The van der Waals surface area contributed by atoms with Gasteiger partial charge in [-0.05, 0) is 18.6 Å². The van der Waals surface area contributed by atoms with Gasteiger partial charge in [0.15, 0.2) is 5.95 Å². The normalized spacial score (nSPS) is 10.5. The molecule has 2 aromatic rings. The number of hydrogen-bond donors (Lipinski definition) is 2. The topological polar surface area (TPSA) is 54.7 Å². The van der Waals surface area contributed by atoms with Crippen LogP contribution in [0.4, 0.5) is 10.3 Å². The summed E-state index contributed by atoms with van der Waals surface area (Å²) >= 11 is 0. The Morgan fingerprint density at radius 3 is 2.93 bits per heavy atom. The first-order valence-electron chi connectivity index (χ1n) is 4.81. The number of nitrogens with one attached hydrogen (secondary N) is 1. The van der Waals surface area contributed by atoms with E-state index in [1.807, 2.05) is 13.0 Å². The van der Waals surface area contributed by atoms with Crippen molar-refractivity contribution in [2.75, 3.05) is 5.73 Å². The number of hydrogen-bond acceptors (Lipinski definition) is 2. The van der Waals surface area contributed by atoms with E-state index in [9.17, 15) is 4.39 Å². The number of aromatic amines is 1. The van der Waals surface area contributed by atoms with E-state index in [-0.39, 0.29) is 5.82 Å². The van der Waals surface area contributed by atoms with Crippen molar-refractivity contribution in [3.63, 3.8) is 0 Å². The average molecular weight is 205 g/mol. The van der Waals surface area contributed by atoms with E-state index >= 15 is 0 Å². The standard InChI is InChI=1S/C11H12FN3/c1-2-9-10(15-11(13)14-9)7-4-3-5-8(12)6-7/h3-6H,2H2,1H3,(H3,13,14,15). The molecule has 78 valence electrons. The third-order valence-corrected chi connectivity index (χ3v) is 2.25. The molecule has 0 unspecified atom stereocenters. The van der Waals surface area contributed by atoms with Crippen LogP contribution in [0.2, 0.25) is 0 Å². The Labute approximate surface area is 87.2 Å². The molecule has 0 saturated heterocycles. The second-order valence-electron chi connectivity index (χ2n) is 3.31. The Balaban J connectivity index is 2.53. The molecular weight excluding hydrogens is 193 g/mol. The first-order chi connectivity index (χ1) is 7.20. The molecule has 0 aliphatic carbocycles. The fourth-order valence-corrected chi connectivity index (χ4v) is 1.56. The first kappa shape index (κ1) is 9.71. The number of nitrogens with two attached hydrogens (primary N) is 1. The molecule has 15 heavy (non-hydrogen) atoms. The van der Waals surface area contributed by atoms with Crippen molar-refractivity contribution in [3.05, 3.63) is 35.8 Å². The summed E-state index contributed by atoms with van der Waals surface area (Å²) in [6.07, 6.45) is 0.788. The minimum Gasteiger partial charge on any atom is -0.369 e. The molecule has 0 bridgehead atoms. The molecule has 0 aliphatic rings. The van der Waals surface area contributed by atoms with Gasteiger partial charge in [-0.1, -0.05) is 19.1 Å². The van der Waals surface area contributed by atoms with Crippen LogP contribution in [0.25, 0.3) is 11.3 Å². The molecule has 4 heteroatoms. The molecule has 2 rings (SSSR count). The lowest BCUT2D eigenvalue weighted by Crippen LogP contribution is -1.86. The predicted molar refractivity (Wildman–Crippen MR) is 57.8 cm³/mol. The van der Waals surface area contributed by atoms with E-state index in [1.165, 1.54) is 12.1 Å². The first-order valence-corrected chi connectivity index (χ1v) is 4.81. The molecule has 1 heterocycles. The van der Waals surface area contributed by atoms with Gasteiger partial charge in [-0.2, -0.15) is 0 Å². The summed E-state index contributed by atoms with van der Waals surface area (Å²) in [6.45, 7) is 2.00. The zero-order valence-electron chi connectivity index (χ0n) is 8.42. The lowest BCUT2D eigenvalue weighted by atomic mass is 10.1. The van der Waals surface area contributed by atoms with Crippen LogP contribution in [0.1, 0.15) is 12.6 Å². The van der Waals surface area contributed by atoms with Crippen molar-refractivity contribution in [3.8, 4) is 11.3 Å². The number of imidazole rings is 1. The zero-order chi connectivity index (χ0) is 10.8. The number of aryl methyl sites for hydroxylation is 1. The predicted octanol–water partition coefficient (Wildman–Crippen LogP) is 2.36. The van der Waals surface area contributed by atoms with Crippen LogP contribution in [0.5, 0.6) is 0 Å². The van der Waals surface area contributed by atoms with Gasteiger partial charge in [-0.15, -0.1) is 0 Å². The average Bonchev–Trinajstić information content (AvgIpc) is 2.59. The fraction of sp³-hybridized carbons (Fsp3) is 0.182. The molecule has 0 spiro atoms. The Kier molecular flexibility index (Phi) is 2.41. The highest BCUT2D eigenvalue weighted by Crippen LogP contribution is 2.23. The summed E-state index contributed by atoms with van der Waals surface area (Å²) in [4.78, 5) is 7.10. The molecule has 0 radical (unpaired) electrons. The maximum absolute atomic E-state index is 13.0. The molecule has 1 aromatic carbocycles. The van der Waals surface area contributed by atoms with E-state index in [0.29, 0.717) is 5.95 Å². The minimum absolute atomic E-state index is 0.267. The maximum atomic E-state index is 13.0. The molecule has 3 nitrogen and oxygen atoms in total. The third kappa shape index (κ3) is 1.83. The van der Waals surface area contributed by atoms with Crippen molar-refractivity contribution in [1.29, 1.82) is 0 Å². The molecule has 0 fully saturated rings. The summed E-state index contributed by atoms with van der Waals surface area (Å²) in [6, 6.07) is 6.34. The van der Waals surface area contributed by atoms with Gasteiger partial charge >= 0.3 is 0 Å². The van der Waals surface area contributed by atoms with Crippen LogP contribution < -0.4 is 5.73 Å². The Hall–Kier alpha value is -1.84. The molecule has 0 saturated carbocycles. The molecule has 0 aliphatic heterocycles. The van der Waals surface area contributed by atoms with Crippen molar-refractivity contribution >= 4 is 5.95 Å². The van der Waals surface area contributed by atoms with E-state index in [0.717, 1.165) is 23.4 Å². The largest absolute Gasteiger partial charge is 0.369 e. The fourth-order valence-electron chi connectivity index (χ4n) is 1.56. The van der Waals surface area contributed by atoms with Crippen LogP contribution in [0, 0.1) is 5.82 Å². The molecule has 3 N–H and O–H groups in total. The SMILES string of the molecule is CCc1[nH]c(N)nc1-c1cccc(F)c1.